The molecule has 16 heavy (non-hydrogen) atoms. The molecule has 2 aliphatic rings. The van der Waals surface area contributed by atoms with Crippen LogP contribution in [0.15, 0.2) is 0 Å². The summed E-state index contributed by atoms with van der Waals surface area (Å²) in [4.78, 5) is 24.4. The number of hydrogen-bond donors (Lipinski definition) is 1. The molecule has 2 rings (SSSR count). The molecule has 2 aliphatic heterocycles. The molecular weight excluding hydrogens is 210 g/mol. The average molecular weight is 227 g/mol. The normalized spacial score (nSPS) is 27.0. The van der Waals surface area contributed by atoms with Crippen LogP contribution in [0, 0.1) is 5.92 Å². The van der Waals surface area contributed by atoms with Crippen molar-refractivity contribution in [3.05, 3.63) is 0 Å². The molecule has 2 fully saturated rings. The van der Waals surface area contributed by atoms with E-state index in [1.165, 1.54) is 0 Å². The quantitative estimate of drug-likeness (QED) is 0.745. The number of carboxylic acids is 1. The fraction of sp³-hybridized carbons (Fsp3) is 0.818. The number of ether oxygens (including phenoxy) is 1. The van der Waals surface area contributed by atoms with Gasteiger partial charge in [-0.3, -0.25) is 9.59 Å². The van der Waals surface area contributed by atoms with E-state index in [9.17, 15) is 9.59 Å². The molecule has 1 N–H and O–H groups in total. The monoisotopic (exact) mass is 227 g/mol. The van der Waals surface area contributed by atoms with Gasteiger partial charge in [-0.25, -0.2) is 0 Å². The fourth-order valence-corrected chi connectivity index (χ4v) is 2.32. The molecule has 0 aliphatic carbocycles. The van der Waals surface area contributed by atoms with Crippen LogP contribution in [-0.4, -0.2) is 47.7 Å². The molecular formula is C11H17NO4. The maximum Gasteiger partial charge on any atom is 0.306 e. The lowest BCUT2D eigenvalue weighted by Gasteiger charge is -2.31. The fourth-order valence-electron chi connectivity index (χ4n) is 2.32. The first-order chi connectivity index (χ1) is 7.68. The van der Waals surface area contributed by atoms with E-state index in [4.69, 9.17) is 9.84 Å². The second-order valence-electron chi connectivity index (χ2n) is 4.44. The Kier molecular flexibility index (Phi) is 3.43. The van der Waals surface area contributed by atoms with Gasteiger partial charge < -0.3 is 14.7 Å². The van der Waals surface area contributed by atoms with Crippen molar-refractivity contribution >= 4 is 11.9 Å². The number of rotatable bonds is 2. The van der Waals surface area contributed by atoms with Crippen LogP contribution in [0.5, 0.6) is 0 Å². The van der Waals surface area contributed by atoms with E-state index in [1.54, 1.807) is 4.90 Å². The molecule has 0 aromatic heterocycles. The van der Waals surface area contributed by atoms with Gasteiger partial charge >= 0.3 is 5.97 Å². The van der Waals surface area contributed by atoms with E-state index in [0.29, 0.717) is 32.5 Å². The molecule has 0 unspecified atom stereocenters. The van der Waals surface area contributed by atoms with Gasteiger partial charge in [0.2, 0.25) is 0 Å². The zero-order chi connectivity index (χ0) is 11.5. The van der Waals surface area contributed by atoms with Crippen LogP contribution < -0.4 is 0 Å². The first kappa shape index (κ1) is 11.4. The van der Waals surface area contributed by atoms with Crippen molar-refractivity contribution in [2.24, 2.45) is 5.92 Å². The topological polar surface area (TPSA) is 66.8 Å². The number of carbonyl (C=O) groups excluding carboxylic acids is 1. The van der Waals surface area contributed by atoms with Crippen molar-refractivity contribution < 1.29 is 19.4 Å². The summed E-state index contributed by atoms with van der Waals surface area (Å²) in [6.45, 7) is 1.77. The molecule has 5 nitrogen and oxygen atoms in total. The van der Waals surface area contributed by atoms with Gasteiger partial charge in [0, 0.05) is 19.7 Å². The van der Waals surface area contributed by atoms with Gasteiger partial charge in [0.15, 0.2) is 0 Å². The van der Waals surface area contributed by atoms with E-state index in [1.807, 2.05) is 0 Å². The van der Waals surface area contributed by atoms with E-state index in [-0.39, 0.29) is 17.9 Å². The van der Waals surface area contributed by atoms with Crippen LogP contribution in [0.2, 0.25) is 0 Å². The van der Waals surface area contributed by atoms with E-state index >= 15 is 0 Å². The lowest BCUT2D eigenvalue weighted by Crippen LogP contribution is -2.44. The molecule has 0 saturated carbocycles. The number of likely N-dealkylation sites (tertiary alicyclic amines) is 1. The zero-order valence-electron chi connectivity index (χ0n) is 9.22. The molecule has 0 aromatic carbocycles. The second-order valence-corrected chi connectivity index (χ2v) is 4.44. The number of aliphatic carboxylic acids is 1. The van der Waals surface area contributed by atoms with Crippen LogP contribution in [0.3, 0.4) is 0 Å². The molecule has 1 atom stereocenters. The third-order valence-electron chi connectivity index (χ3n) is 3.36. The van der Waals surface area contributed by atoms with Crippen molar-refractivity contribution in [2.45, 2.75) is 31.8 Å². The molecule has 1 amide bonds. The van der Waals surface area contributed by atoms with Crippen LogP contribution in [0.25, 0.3) is 0 Å². The molecule has 0 aromatic rings. The Balaban J connectivity index is 1.84. The summed E-state index contributed by atoms with van der Waals surface area (Å²) >= 11 is 0. The second kappa shape index (κ2) is 4.82. The van der Waals surface area contributed by atoms with Crippen LogP contribution in [0.4, 0.5) is 0 Å². The summed E-state index contributed by atoms with van der Waals surface area (Å²) in [5.41, 5.74) is 0. The van der Waals surface area contributed by atoms with Gasteiger partial charge in [0.25, 0.3) is 5.91 Å². The van der Waals surface area contributed by atoms with Gasteiger partial charge in [-0.2, -0.15) is 0 Å². The number of piperidine rings is 1. The molecule has 0 spiro atoms. The van der Waals surface area contributed by atoms with Gasteiger partial charge in [0.05, 0.1) is 5.92 Å². The maximum atomic E-state index is 11.9. The number of carbonyl (C=O) groups is 2. The Bertz CT molecular complexity index is 278. The number of amides is 1. The standard InChI is InChI=1S/C11H17NO4/c13-10(9-2-1-7-16-9)12-5-3-8(4-6-12)11(14)15/h8-9H,1-7H2,(H,14,15)/t9-/m1/s1. The summed E-state index contributed by atoms with van der Waals surface area (Å²) in [5, 5.41) is 8.85. The Morgan fingerprint density at radius 1 is 1.19 bits per heavy atom. The van der Waals surface area contributed by atoms with Gasteiger partial charge in [-0.15, -0.1) is 0 Å². The van der Waals surface area contributed by atoms with Crippen molar-refractivity contribution in [3.63, 3.8) is 0 Å². The SMILES string of the molecule is O=C(O)C1CCN(C(=O)[C@H]2CCCO2)CC1. The molecule has 0 radical (unpaired) electrons. The highest BCUT2D eigenvalue weighted by atomic mass is 16.5. The Labute approximate surface area is 94.4 Å². The van der Waals surface area contributed by atoms with Crippen LogP contribution >= 0.6 is 0 Å². The zero-order valence-corrected chi connectivity index (χ0v) is 9.22. The van der Waals surface area contributed by atoms with E-state index in [2.05, 4.69) is 0 Å². The molecule has 5 heteroatoms. The minimum Gasteiger partial charge on any atom is -0.481 e. The molecule has 0 bridgehead atoms. The van der Waals surface area contributed by atoms with E-state index < -0.39 is 5.97 Å². The van der Waals surface area contributed by atoms with Gasteiger partial charge in [-0.1, -0.05) is 0 Å². The predicted octanol–water partition coefficient (Wildman–Crippen LogP) is 0.489. The van der Waals surface area contributed by atoms with Crippen molar-refractivity contribution in [1.29, 1.82) is 0 Å². The largest absolute Gasteiger partial charge is 0.481 e. The summed E-state index contributed by atoms with van der Waals surface area (Å²) in [6.07, 6.45) is 2.60. The first-order valence-corrected chi connectivity index (χ1v) is 5.81. The third-order valence-corrected chi connectivity index (χ3v) is 3.36. The van der Waals surface area contributed by atoms with Crippen molar-refractivity contribution in [1.82, 2.24) is 4.90 Å². The minimum absolute atomic E-state index is 0.0429. The highest BCUT2D eigenvalue weighted by Crippen LogP contribution is 2.21. The number of hydrogen-bond acceptors (Lipinski definition) is 3. The highest BCUT2D eigenvalue weighted by Gasteiger charge is 2.32. The number of carboxylic acid groups (broad SMARTS) is 1. The highest BCUT2D eigenvalue weighted by molar-refractivity contribution is 5.81. The van der Waals surface area contributed by atoms with Crippen molar-refractivity contribution in [2.75, 3.05) is 19.7 Å². The maximum absolute atomic E-state index is 11.9. The third kappa shape index (κ3) is 2.35. The van der Waals surface area contributed by atoms with Crippen molar-refractivity contribution in [3.8, 4) is 0 Å². The summed E-state index contributed by atoms with van der Waals surface area (Å²) in [7, 11) is 0. The predicted molar refractivity (Wildman–Crippen MR) is 55.9 cm³/mol. The number of nitrogens with zero attached hydrogens (tertiary/aromatic N) is 1. The summed E-state index contributed by atoms with van der Waals surface area (Å²) in [5.74, 6) is -0.987. The van der Waals surface area contributed by atoms with Crippen LogP contribution in [0.1, 0.15) is 25.7 Å². The first-order valence-electron chi connectivity index (χ1n) is 5.81. The lowest BCUT2D eigenvalue weighted by atomic mass is 9.96. The minimum atomic E-state index is -0.746. The van der Waals surface area contributed by atoms with Gasteiger partial charge in [0.1, 0.15) is 6.10 Å². The molecule has 90 valence electrons. The Morgan fingerprint density at radius 2 is 1.88 bits per heavy atom. The average Bonchev–Trinajstić information content (AvgIpc) is 2.81. The molecule has 2 saturated heterocycles. The van der Waals surface area contributed by atoms with Gasteiger partial charge in [-0.05, 0) is 25.7 Å². The van der Waals surface area contributed by atoms with E-state index in [0.717, 1.165) is 12.8 Å². The summed E-state index contributed by atoms with van der Waals surface area (Å²) in [6, 6.07) is 0. The lowest BCUT2D eigenvalue weighted by molar-refractivity contribution is -0.148. The Hall–Kier alpha value is -1.10. The smallest absolute Gasteiger partial charge is 0.306 e. The Morgan fingerprint density at radius 3 is 2.38 bits per heavy atom. The summed E-state index contributed by atoms with van der Waals surface area (Å²) < 4.78 is 5.33. The van der Waals surface area contributed by atoms with Crippen LogP contribution in [-0.2, 0) is 14.3 Å². The molecule has 2 heterocycles.